The van der Waals surface area contributed by atoms with Crippen molar-refractivity contribution >= 4 is 17.1 Å². The minimum Gasteiger partial charge on any atom is -0.299 e. The molecule has 1 heterocycles. The van der Waals surface area contributed by atoms with Crippen LogP contribution in [0.4, 0.5) is 0 Å². The predicted molar refractivity (Wildman–Crippen MR) is 62.0 cm³/mol. The lowest BCUT2D eigenvalue weighted by Crippen LogP contribution is -2.29. The van der Waals surface area contributed by atoms with Crippen molar-refractivity contribution in [3.63, 3.8) is 0 Å². The van der Waals surface area contributed by atoms with Crippen molar-refractivity contribution in [2.45, 2.75) is 32.6 Å². The number of carbonyl (C=O) groups excluding carboxylic acids is 1. The number of nitrogens with zero attached hydrogens (tertiary/aromatic N) is 1. The molecule has 0 radical (unpaired) electrons. The third kappa shape index (κ3) is 2.02. The number of Topliss-reactive ketones (excluding diaryl/α,β-unsaturated/α-hetero) is 1. The van der Waals surface area contributed by atoms with E-state index in [9.17, 15) is 4.79 Å². The van der Waals surface area contributed by atoms with Gasteiger partial charge in [-0.2, -0.15) is 0 Å². The van der Waals surface area contributed by atoms with Gasteiger partial charge in [0, 0.05) is 17.5 Å². The fraction of sp³-hybridized carbons (Fsp3) is 0.500. The summed E-state index contributed by atoms with van der Waals surface area (Å²) in [5.74, 6) is 0.200. The Balaban J connectivity index is 2.29. The monoisotopic (exact) mass is 221 g/mol. The van der Waals surface area contributed by atoms with Gasteiger partial charge in [0.2, 0.25) is 0 Å². The second-order valence-electron chi connectivity index (χ2n) is 4.98. The Morgan fingerprint density at radius 3 is 2.80 bits per heavy atom. The minimum absolute atomic E-state index is 0.0787. The van der Waals surface area contributed by atoms with E-state index >= 15 is 0 Å². The van der Waals surface area contributed by atoms with Crippen LogP contribution in [0.15, 0.2) is 23.9 Å². The van der Waals surface area contributed by atoms with Crippen molar-refractivity contribution < 1.29 is 4.79 Å². The second kappa shape index (κ2) is 3.56. The first-order valence-corrected chi connectivity index (χ1v) is 5.96. The van der Waals surface area contributed by atoms with E-state index in [0.29, 0.717) is 12.2 Å². The van der Waals surface area contributed by atoms with Crippen molar-refractivity contribution in [2.24, 2.45) is 5.41 Å². The van der Waals surface area contributed by atoms with E-state index in [1.807, 2.05) is 0 Å². The van der Waals surface area contributed by atoms with Crippen molar-refractivity contribution in [3.05, 3.63) is 28.7 Å². The van der Waals surface area contributed by atoms with Gasteiger partial charge in [0.15, 0.2) is 0 Å². The molecule has 1 aliphatic carbocycles. The van der Waals surface area contributed by atoms with Crippen LogP contribution in [-0.4, -0.2) is 10.8 Å². The van der Waals surface area contributed by atoms with Crippen molar-refractivity contribution in [3.8, 4) is 0 Å². The molecule has 15 heavy (non-hydrogen) atoms. The highest BCUT2D eigenvalue weighted by Gasteiger charge is 2.37. The lowest BCUT2D eigenvalue weighted by molar-refractivity contribution is -0.122. The maximum Gasteiger partial charge on any atom is 0.145 e. The van der Waals surface area contributed by atoms with E-state index < -0.39 is 0 Å². The Bertz CT molecular complexity index is 372. The molecule has 0 saturated heterocycles. The SMILES string of the molecule is C=C1CC(C)(C)CC(=O)C1c1cncs1. The number of thiazole rings is 1. The van der Waals surface area contributed by atoms with Gasteiger partial charge in [-0.05, 0) is 11.8 Å². The molecule has 0 bridgehead atoms. The third-order valence-electron chi connectivity index (χ3n) is 2.82. The van der Waals surface area contributed by atoms with E-state index in [4.69, 9.17) is 0 Å². The summed E-state index contributed by atoms with van der Waals surface area (Å²) < 4.78 is 0. The number of hydrogen-bond donors (Lipinski definition) is 0. The summed E-state index contributed by atoms with van der Waals surface area (Å²) in [5, 5.41) is 0. The quantitative estimate of drug-likeness (QED) is 0.682. The topological polar surface area (TPSA) is 30.0 Å². The van der Waals surface area contributed by atoms with E-state index in [0.717, 1.165) is 16.9 Å². The molecule has 3 heteroatoms. The first-order chi connectivity index (χ1) is 6.99. The van der Waals surface area contributed by atoms with Crippen LogP contribution in [0, 0.1) is 5.41 Å². The van der Waals surface area contributed by atoms with Gasteiger partial charge in [-0.25, -0.2) is 0 Å². The van der Waals surface area contributed by atoms with Gasteiger partial charge < -0.3 is 0 Å². The van der Waals surface area contributed by atoms with Crippen LogP contribution in [0.5, 0.6) is 0 Å². The van der Waals surface area contributed by atoms with Gasteiger partial charge in [0.25, 0.3) is 0 Å². The van der Waals surface area contributed by atoms with Gasteiger partial charge in [0.1, 0.15) is 5.78 Å². The zero-order valence-electron chi connectivity index (χ0n) is 9.12. The van der Waals surface area contributed by atoms with Crippen LogP contribution >= 0.6 is 11.3 Å². The number of carbonyl (C=O) groups is 1. The molecule has 1 saturated carbocycles. The van der Waals surface area contributed by atoms with Crippen LogP contribution < -0.4 is 0 Å². The zero-order valence-corrected chi connectivity index (χ0v) is 9.93. The van der Waals surface area contributed by atoms with Gasteiger partial charge >= 0.3 is 0 Å². The number of rotatable bonds is 1. The maximum absolute atomic E-state index is 12.0. The van der Waals surface area contributed by atoms with E-state index in [1.165, 1.54) is 0 Å². The largest absolute Gasteiger partial charge is 0.299 e. The Kier molecular flexibility index (Phi) is 2.51. The first kappa shape index (κ1) is 10.6. The Hall–Kier alpha value is -0.960. The van der Waals surface area contributed by atoms with Crippen molar-refractivity contribution in [1.82, 2.24) is 4.98 Å². The van der Waals surface area contributed by atoms with Crippen LogP contribution in [0.2, 0.25) is 0 Å². The number of ketones is 1. The molecule has 0 spiro atoms. The normalized spacial score (nSPS) is 25.6. The summed E-state index contributed by atoms with van der Waals surface area (Å²) >= 11 is 1.54. The van der Waals surface area contributed by atoms with Crippen molar-refractivity contribution in [2.75, 3.05) is 0 Å². The van der Waals surface area contributed by atoms with Gasteiger partial charge in [0.05, 0.1) is 11.4 Å². The summed E-state index contributed by atoms with van der Waals surface area (Å²) in [4.78, 5) is 17.1. The number of aromatic nitrogens is 1. The molecule has 1 aromatic heterocycles. The molecule has 2 nitrogen and oxygen atoms in total. The standard InChI is InChI=1S/C12H15NOS/c1-8-4-12(2,3)5-9(14)11(8)10-6-13-7-15-10/h6-7,11H,1,4-5H2,2-3H3. The molecule has 0 N–H and O–H groups in total. The molecule has 1 unspecified atom stereocenters. The highest BCUT2D eigenvalue weighted by Crippen LogP contribution is 2.43. The van der Waals surface area contributed by atoms with E-state index in [2.05, 4.69) is 25.4 Å². The molecule has 0 aromatic carbocycles. The number of allylic oxidation sites excluding steroid dienone is 1. The highest BCUT2D eigenvalue weighted by atomic mass is 32.1. The molecule has 0 aliphatic heterocycles. The summed E-state index contributed by atoms with van der Waals surface area (Å²) in [6, 6.07) is 0. The van der Waals surface area contributed by atoms with Gasteiger partial charge in [-0.1, -0.05) is 26.0 Å². The third-order valence-corrected chi connectivity index (χ3v) is 3.66. The Labute approximate surface area is 94.0 Å². The molecule has 1 atom stereocenters. The molecular weight excluding hydrogens is 206 g/mol. The van der Waals surface area contributed by atoms with Crippen LogP contribution in [0.25, 0.3) is 0 Å². The minimum atomic E-state index is -0.0921. The van der Waals surface area contributed by atoms with Gasteiger partial charge in [-0.15, -0.1) is 11.3 Å². The lowest BCUT2D eigenvalue weighted by Gasteiger charge is -2.34. The van der Waals surface area contributed by atoms with E-state index in [1.54, 1.807) is 23.0 Å². The molecule has 0 amide bonds. The maximum atomic E-state index is 12.0. The fourth-order valence-electron chi connectivity index (χ4n) is 2.31. The Morgan fingerprint density at radius 1 is 1.53 bits per heavy atom. The average molecular weight is 221 g/mol. The summed E-state index contributed by atoms with van der Waals surface area (Å²) in [6.45, 7) is 8.30. The summed E-state index contributed by atoms with van der Waals surface area (Å²) in [7, 11) is 0. The molecule has 80 valence electrons. The number of hydrogen-bond acceptors (Lipinski definition) is 3. The summed E-state index contributed by atoms with van der Waals surface area (Å²) in [6.07, 6.45) is 3.37. The Morgan fingerprint density at radius 2 is 2.27 bits per heavy atom. The smallest absolute Gasteiger partial charge is 0.145 e. The highest BCUT2D eigenvalue weighted by molar-refractivity contribution is 7.09. The summed E-state index contributed by atoms with van der Waals surface area (Å²) in [5.41, 5.74) is 2.89. The zero-order chi connectivity index (χ0) is 11.1. The fourth-order valence-corrected chi connectivity index (χ4v) is 3.11. The van der Waals surface area contributed by atoms with E-state index in [-0.39, 0.29) is 11.3 Å². The van der Waals surface area contributed by atoms with Crippen LogP contribution in [0.1, 0.15) is 37.5 Å². The predicted octanol–water partition coefficient (Wildman–Crippen LogP) is 3.17. The molecule has 1 fully saturated rings. The van der Waals surface area contributed by atoms with Crippen molar-refractivity contribution in [1.29, 1.82) is 0 Å². The molecule has 1 aliphatic rings. The lowest BCUT2D eigenvalue weighted by atomic mass is 9.70. The first-order valence-electron chi connectivity index (χ1n) is 5.08. The van der Waals surface area contributed by atoms with Gasteiger partial charge in [-0.3, -0.25) is 9.78 Å². The molecule has 2 rings (SSSR count). The van der Waals surface area contributed by atoms with Crippen LogP contribution in [0.3, 0.4) is 0 Å². The molecular formula is C12H15NOS. The molecule has 1 aromatic rings. The second-order valence-corrected chi connectivity index (χ2v) is 5.90. The van der Waals surface area contributed by atoms with Crippen LogP contribution in [-0.2, 0) is 4.79 Å². The average Bonchev–Trinajstić information content (AvgIpc) is 2.52.